The average Bonchev–Trinajstić information content (AvgIpc) is 2.86. The Labute approximate surface area is 208 Å². The van der Waals surface area contributed by atoms with Crippen molar-refractivity contribution in [1.82, 2.24) is 9.62 Å². The van der Waals surface area contributed by atoms with Gasteiger partial charge in [-0.25, -0.2) is 8.42 Å². The van der Waals surface area contributed by atoms with Gasteiger partial charge in [0.05, 0.1) is 11.2 Å². The molecule has 0 aromatic heterocycles. The Hall–Kier alpha value is -2.38. The Morgan fingerprint density at radius 2 is 1.71 bits per heavy atom. The van der Waals surface area contributed by atoms with Gasteiger partial charge >= 0.3 is 0 Å². The summed E-state index contributed by atoms with van der Waals surface area (Å²) in [5.41, 5.74) is 1.03. The highest BCUT2D eigenvalue weighted by molar-refractivity contribution is 7.89. The van der Waals surface area contributed by atoms with E-state index >= 15 is 0 Å². The molecule has 1 aliphatic rings. The van der Waals surface area contributed by atoms with Crippen LogP contribution in [0, 0.1) is 12.8 Å². The monoisotopic (exact) mass is 494 g/mol. The van der Waals surface area contributed by atoms with E-state index in [0.717, 1.165) is 5.56 Å². The van der Waals surface area contributed by atoms with Crippen molar-refractivity contribution in [2.45, 2.75) is 65.7 Å². The molecule has 0 aliphatic carbocycles. The van der Waals surface area contributed by atoms with Crippen LogP contribution in [0.3, 0.4) is 0 Å². The summed E-state index contributed by atoms with van der Waals surface area (Å²) in [6.07, 6.45) is 11.3. The summed E-state index contributed by atoms with van der Waals surface area (Å²) in [6.45, 7) is 17.1. The molecule has 2 rings (SSSR count). The van der Waals surface area contributed by atoms with E-state index in [1.54, 1.807) is 49.7 Å². The van der Waals surface area contributed by atoms with Gasteiger partial charge in [-0.2, -0.15) is 4.31 Å². The second kappa shape index (κ2) is 21.2. The number of carbonyl (C=O) groups is 1. The zero-order valence-electron chi connectivity index (χ0n) is 22.2. The predicted molar refractivity (Wildman–Crippen MR) is 144 cm³/mol. The summed E-state index contributed by atoms with van der Waals surface area (Å²) >= 11 is 0. The highest BCUT2D eigenvalue weighted by Crippen LogP contribution is 2.24. The lowest BCUT2D eigenvalue weighted by molar-refractivity contribution is -0.125. The van der Waals surface area contributed by atoms with Gasteiger partial charge < -0.3 is 10.1 Å². The standard InChI is InChI=1S/C14H20N2O3S.C8H12O.C3H8.C2H6/c1-11-3-5-13(6-4-11)20(18,19)16-9-7-12(8-10-16)14(17)15-2;1-3-5-7-9-8-6-4-2;1-3-2;1-2/h3-6,12H,7-10H2,1-2H3,(H,15,17);3-7H,1,8H2,2H3;3H2,1-2H3;1-2H3/b;6-4-,7-5-;;. The first-order chi connectivity index (χ1) is 16.3. The van der Waals surface area contributed by atoms with Crippen molar-refractivity contribution in [1.29, 1.82) is 0 Å². The Morgan fingerprint density at radius 1 is 1.18 bits per heavy atom. The van der Waals surface area contributed by atoms with Crippen LogP contribution in [-0.2, 0) is 19.6 Å². The lowest BCUT2D eigenvalue weighted by atomic mass is 9.97. The van der Waals surface area contributed by atoms with Crippen molar-refractivity contribution in [3.63, 3.8) is 0 Å². The zero-order chi connectivity index (χ0) is 26.4. The van der Waals surface area contributed by atoms with E-state index in [9.17, 15) is 13.2 Å². The first-order valence-corrected chi connectivity index (χ1v) is 13.5. The maximum atomic E-state index is 12.5. The normalized spacial score (nSPS) is 14.1. The van der Waals surface area contributed by atoms with E-state index in [2.05, 4.69) is 25.7 Å². The zero-order valence-corrected chi connectivity index (χ0v) is 23.0. The molecule has 1 aromatic rings. The van der Waals surface area contributed by atoms with Crippen molar-refractivity contribution in [3.8, 4) is 0 Å². The fourth-order valence-corrected chi connectivity index (χ4v) is 4.21. The molecule has 0 atom stereocenters. The number of rotatable bonds is 7. The lowest BCUT2D eigenvalue weighted by Gasteiger charge is -2.30. The molecule has 0 saturated carbocycles. The van der Waals surface area contributed by atoms with E-state index < -0.39 is 10.0 Å². The number of allylic oxidation sites excluding steroid dienone is 3. The van der Waals surface area contributed by atoms with Crippen LogP contribution < -0.4 is 5.32 Å². The van der Waals surface area contributed by atoms with Crippen molar-refractivity contribution in [3.05, 3.63) is 67.0 Å². The second-order valence-electron chi connectivity index (χ2n) is 7.28. The molecule has 1 aromatic carbocycles. The molecule has 1 heterocycles. The molecule has 1 fully saturated rings. The van der Waals surface area contributed by atoms with Crippen LogP contribution in [0.5, 0.6) is 0 Å². The van der Waals surface area contributed by atoms with Gasteiger partial charge in [0.2, 0.25) is 15.9 Å². The number of aryl methyl sites for hydroxylation is 1. The van der Waals surface area contributed by atoms with Crippen LogP contribution in [-0.4, -0.2) is 45.4 Å². The molecular weight excluding hydrogens is 448 g/mol. The highest BCUT2D eigenvalue weighted by Gasteiger charge is 2.31. The maximum Gasteiger partial charge on any atom is 0.243 e. The van der Waals surface area contributed by atoms with Crippen molar-refractivity contribution < 1.29 is 17.9 Å². The van der Waals surface area contributed by atoms with Gasteiger partial charge in [0.25, 0.3) is 0 Å². The molecule has 0 bridgehead atoms. The van der Waals surface area contributed by atoms with E-state index in [4.69, 9.17) is 4.74 Å². The molecule has 34 heavy (non-hydrogen) atoms. The molecule has 7 heteroatoms. The quantitative estimate of drug-likeness (QED) is 0.223. The fourth-order valence-electron chi connectivity index (χ4n) is 2.74. The minimum atomic E-state index is -3.43. The lowest BCUT2D eigenvalue weighted by Crippen LogP contribution is -2.42. The van der Waals surface area contributed by atoms with Crippen LogP contribution >= 0.6 is 0 Å². The third kappa shape index (κ3) is 14.0. The number of nitrogens with zero attached hydrogens (tertiary/aromatic N) is 1. The number of carbonyl (C=O) groups excluding carboxylic acids is 1. The molecule has 194 valence electrons. The molecule has 1 saturated heterocycles. The third-order valence-corrected chi connectivity index (χ3v) is 6.38. The van der Waals surface area contributed by atoms with E-state index in [1.165, 1.54) is 10.7 Å². The number of amides is 1. The summed E-state index contributed by atoms with van der Waals surface area (Å²) in [4.78, 5) is 11.9. The summed E-state index contributed by atoms with van der Waals surface area (Å²) < 4.78 is 31.4. The Morgan fingerprint density at radius 3 is 2.15 bits per heavy atom. The fraction of sp³-hybridized carbons (Fsp3) is 0.519. The smallest absolute Gasteiger partial charge is 0.243 e. The Balaban J connectivity index is 0. The SMILES string of the molecule is C=C/C=C\OC/C=C\C.CC.CCC.CNC(=O)C1CCN(S(=O)(=O)c2ccc(C)cc2)CC1. The largest absolute Gasteiger partial charge is 0.497 e. The number of ether oxygens (including phenoxy) is 1. The van der Waals surface area contributed by atoms with Crippen LogP contribution in [0.4, 0.5) is 0 Å². The van der Waals surface area contributed by atoms with Gasteiger partial charge in [0, 0.05) is 26.1 Å². The molecular formula is C27H46N2O4S. The number of sulfonamides is 1. The third-order valence-electron chi connectivity index (χ3n) is 4.47. The molecule has 0 radical (unpaired) electrons. The maximum absolute atomic E-state index is 12.5. The Kier molecular flexibility index (Phi) is 21.0. The first-order valence-electron chi connectivity index (χ1n) is 12.1. The molecule has 0 spiro atoms. The number of hydrogen-bond donors (Lipinski definition) is 1. The van der Waals surface area contributed by atoms with Gasteiger partial charge in [0.1, 0.15) is 6.61 Å². The highest BCUT2D eigenvalue weighted by atomic mass is 32.2. The molecule has 1 aliphatic heterocycles. The van der Waals surface area contributed by atoms with Crippen LogP contribution in [0.25, 0.3) is 0 Å². The van der Waals surface area contributed by atoms with Gasteiger partial charge in [-0.05, 0) is 44.9 Å². The summed E-state index contributed by atoms with van der Waals surface area (Å²) in [7, 11) is -1.82. The van der Waals surface area contributed by atoms with Gasteiger partial charge in [-0.1, -0.05) is 76.6 Å². The average molecular weight is 495 g/mol. The van der Waals surface area contributed by atoms with Gasteiger partial charge in [-0.3, -0.25) is 4.79 Å². The van der Waals surface area contributed by atoms with Crippen LogP contribution in [0.2, 0.25) is 0 Å². The first kappa shape index (κ1) is 33.8. The molecule has 6 nitrogen and oxygen atoms in total. The molecule has 1 amide bonds. The van der Waals surface area contributed by atoms with Crippen molar-refractivity contribution >= 4 is 15.9 Å². The summed E-state index contributed by atoms with van der Waals surface area (Å²) in [5, 5.41) is 2.62. The van der Waals surface area contributed by atoms with E-state index in [-0.39, 0.29) is 11.8 Å². The second-order valence-corrected chi connectivity index (χ2v) is 9.22. The Bertz CT molecular complexity index is 808. The van der Waals surface area contributed by atoms with Gasteiger partial charge in [0.15, 0.2) is 0 Å². The molecule has 1 N–H and O–H groups in total. The van der Waals surface area contributed by atoms with E-state index in [0.29, 0.717) is 37.4 Å². The number of hydrogen-bond acceptors (Lipinski definition) is 4. The topological polar surface area (TPSA) is 75.7 Å². The van der Waals surface area contributed by atoms with Crippen LogP contribution in [0.1, 0.15) is 59.4 Å². The van der Waals surface area contributed by atoms with Gasteiger partial charge in [-0.15, -0.1) is 0 Å². The predicted octanol–water partition coefficient (Wildman–Crippen LogP) is 5.86. The van der Waals surface area contributed by atoms with Crippen molar-refractivity contribution in [2.24, 2.45) is 5.92 Å². The minimum absolute atomic E-state index is 0.00242. The number of nitrogens with one attached hydrogen (secondary N) is 1. The summed E-state index contributed by atoms with van der Waals surface area (Å²) in [5.74, 6) is -0.0816. The summed E-state index contributed by atoms with van der Waals surface area (Å²) in [6, 6.07) is 6.86. The van der Waals surface area contributed by atoms with Crippen molar-refractivity contribution in [2.75, 3.05) is 26.7 Å². The molecule has 0 unspecified atom stereocenters. The van der Waals surface area contributed by atoms with E-state index in [1.807, 2.05) is 39.8 Å². The number of piperidine rings is 1. The number of benzene rings is 1. The minimum Gasteiger partial charge on any atom is -0.497 e. The van der Waals surface area contributed by atoms with Crippen LogP contribution in [0.15, 0.2) is 66.3 Å².